The molecule has 0 unspecified atom stereocenters. The van der Waals surface area contributed by atoms with E-state index in [4.69, 9.17) is 0 Å². The van der Waals surface area contributed by atoms with Gasteiger partial charge in [0, 0.05) is 11.1 Å². The van der Waals surface area contributed by atoms with E-state index in [1.165, 1.54) is 0 Å². The minimum Gasteiger partial charge on any atom is -0.289 e. The predicted octanol–water partition coefficient (Wildman–Crippen LogP) is 6.35. The smallest absolute Gasteiger partial charge is 0.194 e. The van der Waals surface area contributed by atoms with Gasteiger partial charge >= 0.3 is 0 Å². The fraction of sp³-hybridized carbons (Fsp3) is 0.160. The highest BCUT2D eigenvalue weighted by molar-refractivity contribution is 6.22. The quantitative estimate of drug-likeness (QED) is 0.396. The van der Waals surface area contributed by atoms with E-state index in [1.54, 1.807) is 0 Å². The molecule has 4 rings (SSSR count). The van der Waals surface area contributed by atoms with Gasteiger partial charge in [-0.1, -0.05) is 86.6 Å². The van der Waals surface area contributed by atoms with Crippen LogP contribution in [-0.4, -0.2) is 5.78 Å². The minimum atomic E-state index is 0.146. The predicted molar refractivity (Wildman–Crippen MR) is 110 cm³/mol. The normalized spacial score (nSPS) is 11.2. The van der Waals surface area contributed by atoms with E-state index in [2.05, 4.69) is 62.4 Å². The lowest BCUT2D eigenvalue weighted by molar-refractivity contribution is 0.104. The molecule has 26 heavy (non-hydrogen) atoms. The van der Waals surface area contributed by atoms with Gasteiger partial charge in [-0.25, -0.2) is 0 Å². The zero-order valence-corrected chi connectivity index (χ0v) is 15.3. The molecule has 0 amide bonds. The highest BCUT2D eigenvalue weighted by Gasteiger charge is 2.21. The molecule has 0 bridgehead atoms. The Labute approximate surface area is 154 Å². The highest BCUT2D eigenvalue weighted by Crippen LogP contribution is 2.30. The molecule has 0 atom stereocenters. The number of carbonyl (C=O) groups is 1. The minimum absolute atomic E-state index is 0.146. The first-order chi connectivity index (χ1) is 12.7. The number of hydrogen-bond acceptors (Lipinski definition) is 1. The summed E-state index contributed by atoms with van der Waals surface area (Å²) in [6.45, 7) is 4.23. The third kappa shape index (κ3) is 2.61. The highest BCUT2D eigenvalue weighted by atomic mass is 16.1. The molecule has 0 aliphatic carbocycles. The molecular weight excluding hydrogens is 316 g/mol. The Morgan fingerprint density at radius 2 is 1.04 bits per heavy atom. The van der Waals surface area contributed by atoms with Crippen LogP contribution in [0, 0.1) is 0 Å². The van der Waals surface area contributed by atoms with Crippen molar-refractivity contribution in [1.29, 1.82) is 0 Å². The molecule has 0 heterocycles. The Kier molecular flexibility index (Phi) is 4.30. The summed E-state index contributed by atoms with van der Waals surface area (Å²) >= 11 is 0. The van der Waals surface area contributed by atoms with Crippen molar-refractivity contribution in [3.05, 3.63) is 95.1 Å². The lowest BCUT2D eigenvalue weighted by Gasteiger charge is -2.15. The second-order valence-electron chi connectivity index (χ2n) is 6.68. The fourth-order valence-electron chi connectivity index (χ4n) is 3.88. The van der Waals surface area contributed by atoms with Crippen LogP contribution in [0.5, 0.6) is 0 Å². The van der Waals surface area contributed by atoms with Crippen molar-refractivity contribution in [3.63, 3.8) is 0 Å². The molecule has 128 valence electrons. The molecule has 0 radical (unpaired) electrons. The maximum absolute atomic E-state index is 13.8. The van der Waals surface area contributed by atoms with Crippen LogP contribution < -0.4 is 0 Å². The van der Waals surface area contributed by atoms with Crippen LogP contribution in [-0.2, 0) is 12.8 Å². The average molecular weight is 338 g/mol. The first-order valence-corrected chi connectivity index (χ1v) is 9.30. The monoisotopic (exact) mass is 338 g/mol. The number of fused-ring (bicyclic) bond motifs is 2. The number of benzene rings is 4. The number of hydrogen-bond donors (Lipinski definition) is 0. The van der Waals surface area contributed by atoms with E-state index in [9.17, 15) is 4.79 Å². The van der Waals surface area contributed by atoms with Crippen LogP contribution >= 0.6 is 0 Å². The van der Waals surface area contributed by atoms with Gasteiger partial charge in [-0.15, -0.1) is 0 Å². The van der Waals surface area contributed by atoms with Gasteiger partial charge in [0.25, 0.3) is 0 Å². The van der Waals surface area contributed by atoms with Crippen LogP contribution in [0.4, 0.5) is 0 Å². The van der Waals surface area contributed by atoms with Crippen molar-refractivity contribution in [2.24, 2.45) is 0 Å². The van der Waals surface area contributed by atoms with E-state index in [1.807, 2.05) is 24.3 Å². The number of rotatable bonds is 4. The zero-order valence-electron chi connectivity index (χ0n) is 15.3. The van der Waals surface area contributed by atoms with Crippen molar-refractivity contribution in [2.75, 3.05) is 0 Å². The largest absolute Gasteiger partial charge is 0.289 e. The topological polar surface area (TPSA) is 17.1 Å². The average Bonchev–Trinajstić information content (AvgIpc) is 2.71. The molecule has 1 nitrogen and oxygen atoms in total. The molecule has 0 aromatic heterocycles. The fourth-order valence-corrected chi connectivity index (χ4v) is 3.88. The molecule has 0 fully saturated rings. The molecule has 0 aliphatic heterocycles. The number of carbonyl (C=O) groups excluding carboxylic acids is 1. The summed E-state index contributed by atoms with van der Waals surface area (Å²) in [5.74, 6) is 0.146. The van der Waals surface area contributed by atoms with E-state index in [0.29, 0.717) is 0 Å². The van der Waals surface area contributed by atoms with Crippen molar-refractivity contribution < 1.29 is 4.79 Å². The lowest BCUT2D eigenvalue weighted by Crippen LogP contribution is -2.10. The van der Waals surface area contributed by atoms with Gasteiger partial charge in [-0.2, -0.15) is 0 Å². The van der Waals surface area contributed by atoms with Gasteiger partial charge in [0.05, 0.1) is 0 Å². The summed E-state index contributed by atoms with van der Waals surface area (Å²) < 4.78 is 0. The maximum atomic E-state index is 13.8. The summed E-state index contributed by atoms with van der Waals surface area (Å²) in [6, 6.07) is 24.8. The molecular formula is C25H22O. The van der Waals surface area contributed by atoms with Gasteiger partial charge in [0.15, 0.2) is 5.78 Å². The van der Waals surface area contributed by atoms with E-state index in [-0.39, 0.29) is 5.78 Å². The zero-order chi connectivity index (χ0) is 18.1. The summed E-state index contributed by atoms with van der Waals surface area (Å²) in [5.41, 5.74) is 3.95. The van der Waals surface area contributed by atoms with Crippen molar-refractivity contribution >= 4 is 27.3 Å². The Balaban J connectivity index is 2.06. The third-order valence-corrected chi connectivity index (χ3v) is 5.25. The lowest BCUT2D eigenvalue weighted by atomic mass is 9.87. The van der Waals surface area contributed by atoms with Crippen molar-refractivity contribution in [3.8, 4) is 0 Å². The van der Waals surface area contributed by atoms with Crippen molar-refractivity contribution in [1.82, 2.24) is 0 Å². The van der Waals surface area contributed by atoms with Crippen LogP contribution in [0.2, 0.25) is 0 Å². The third-order valence-electron chi connectivity index (χ3n) is 5.25. The summed E-state index contributed by atoms with van der Waals surface area (Å²) in [6.07, 6.45) is 1.69. The van der Waals surface area contributed by atoms with Gasteiger partial charge in [-0.3, -0.25) is 4.79 Å². The SMILES string of the molecule is CCc1ccc2ccccc2c1C(=O)c1c(CC)ccc2ccccc12. The Morgan fingerprint density at radius 3 is 1.46 bits per heavy atom. The molecule has 0 saturated carbocycles. The molecule has 0 spiro atoms. The van der Waals surface area contributed by atoms with E-state index in [0.717, 1.165) is 56.6 Å². The molecule has 0 saturated heterocycles. The van der Waals surface area contributed by atoms with Crippen LogP contribution in [0.15, 0.2) is 72.8 Å². The number of aryl methyl sites for hydroxylation is 2. The Bertz CT molecular complexity index is 1030. The summed E-state index contributed by atoms with van der Waals surface area (Å²) in [7, 11) is 0. The Hall–Kier alpha value is -2.93. The van der Waals surface area contributed by atoms with Crippen LogP contribution in [0.3, 0.4) is 0 Å². The second kappa shape index (κ2) is 6.76. The second-order valence-corrected chi connectivity index (χ2v) is 6.68. The summed E-state index contributed by atoms with van der Waals surface area (Å²) in [5, 5.41) is 4.33. The van der Waals surface area contributed by atoms with Crippen LogP contribution in [0.25, 0.3) is 21.5 Å². The molecule has 4 aromatic carbocycles. The van der Waals surface area contributed by atoms with Gasteiger partial charge in [0.1, 0.15) is 0 Å². The Morgan fingerprint density at radius 1 is 0.615 bits per heavy atom. The first kappa shape index (κ1) is 16.5. The van der Waals surface area contributed by atoms with Crippen molar-refractivity contribution in [2.45, 2.75) is 26.7 Å². The number of ketones is 1. The van der Waals surface area contributed by atoms with Gasteiger partial charge < -0.3 is 0 Å². The molecule has 0 aliphatic rings. The molecule has 0 N–H and O–H groups in total. The van der Waals surface area contributed by atoms with E-state index >= 15 is 0 Å². The molecule has 1 heteroatoms. The first-order valence-electron chi connectivity index (χ1n) is 9.30. The van der Waals surface area contributed by atoms with E-state index < -0.39 is 0 Å². The van der Waals surface area contributed by atoms with Crippen LogP contribution in [0.1, 0.15) is 40.9 Å². The maximum Gasteiger partial charge on any atom is 0.194 e. The van der Waals surface area contributed by atoms with Gasteiger partial charge in [0.2, 0.25) is 0 Å². The standard InChI is InChI=1S/C25H22O/c1-3-17-13-15-19-9-5-7-11-21(19)23(17)25(26)24-18(4-2)14-16-20-10-6-8-12-22(20)24/h5-16H,3-4H2,1-2H3. The summed E-state index contributed by atoms with van der Waals surface area (Å²) in [4.78, 5) is 13.8. The van der Waals surface area contributed by atoms with Gasteiger partial charge in [-0.05, 0) is 45.5 Å². The molecule has 4 aromatic rings.